The maximum absolute atomic E-state index is 5.97. The molecule has 0 atom stereocenters. The average molecular weight is 264 g/mol. The zero-order valence-electron chi connectivity index (χ0n) is 7.52. The van der Waals surface area contributed by atoms with Gasteiger partial charge in [0.25, 0.3) is 0 Å². The van der Waals surface area contributed by atoms with E-state index >= 15 is 0 Å². The Morgan fingerprint density at radius 3 is 2.85 bits per heavy atom. The molecule has 0 radical (unpaired) electrons. The topological polar surface area (TPSA) is 9.23 Å². The first-order valence-corrected chi connectivity index (χ1v) is 5.69. The minimum atomic E-state index is 0.689. The second-order valence-corrected chi connectivity index (χ2v) is 4.03. The van der Waals surface area contributed by atoms with Crippen molar-refractivity contribution >= 4 is 27.5 Å². The molecule has 3 heteroatoms. The van der Waals surface area contributed by atoms with E-state index in [1.54, 1.807) is 0 Å². The molecule has 0 unspecified atom stereocenters. The van der Waals surface area contributed by atoms with Crippen molar-refractivity contribution in [1.82, 2.24) is 0 Å². The van der Waals surface area contributed by atoms with Crippen LogP contribution >= 0.6 is 27.5 Å². The van der Waals surface area contributed by atoms with Crippen LogP contribution < -0.4 is 4.74 Å². The van der Waals surface area contributed by atoms with Crippen LogP contribution in [0, 0.1) is 6.92 Å². The number of halogens is 2. The van der Waals surface area contributed by atoms with Gasteiger partial charge in [0.1, 0.15) is 5.75 Å². The number of hydrogen-bond acceptors (Lipinski definition) is 1. The molecule has 0 aromatic heterocycles. The second-order valence-electron chi connectivity index (χ2n) is 2.82. The first-order valence-electron chi connectivity index (χ1n) is 4.19. The first-order chi connectivity index (χ1) is 6.24. The van der Waals surface area contributed by atoms with Crippen LogP contribution in [0.1, 0.15) is 12.0 Å². The lowest BCUT2D eigenvalue weighted by molar-refractivity contribution is 0.319. The first kappa shape index (κ1) is 10.9. The van der Waals surface area contributed by atoms with Crippen molar-refractivity contribution in [3.8, 4) is 5.75 Å². The van der Waals surface area contributed by atoms with Gasteiger partial charge in [-0.05, 0) is 31.0 Å². The van der Waals surface area contributed by atoms with Gasteiger partial charge in [-0.3, -0.25) is 0 Å². The third-order valence-corrected chi connectivity index (χ3v) is 2.48. The fourth-order valence-electron chi connectivity index (χ4n) is 0.960. The van der Waals surface area contributed by atoms with Gasteiger partial charge in [0, 0.05) is 5.33 Å². The number of hydrogen-bond donors (Lipinski definition) is 0. The molecule has 0 spiro atoms. The number of ether oxygens (including phenoxy) is 1. The number of rotatable bonds is 4. The van der Waals surface area contributed by atoms with Gasteiger partial charge in [-0.2, -0.15) is 0 Å². The molecule has 0 heterocycles. The number of aryl methyl sites for hydroxylation is 1. The maximum Gasteiger partial charge on any atom is 0.137 e. The monoisotopic (exact) mass is 262 g/mol. The van der Waals surface area contributed by atoms with Crippen molar-refractivity contribution in [1.29, 1.82) is 0 Å². The highest BCUT2D eigenvalue weighted by molar-refractivity contribution is 9.09. The lowest BCUT2D eigenvalue weighted by Gasteiger charge is -2.07. The molecule has 0 aliphatic carbocycles. The van der Waals surface area contributed by atoms with E-state index in [1.165, 1.54) is 0 Å². The molecule has 13 heavy (non-hydrogen) atoms. The van der Waals surface area contributed by atoms with Gasteiger partial charge < -0.3 is 4.74 Å². The normalized spacial score (nSPS) is 10.1. The zero-order chi connectivity index (χ0) is 9.68. The predicted molar refractivity (Wildman–Crippen MR) is 60.1 cm³/mol. The van der Waals surface area contributed by atoms with Crippen LogP contribution in [0.3, 0.4) is 0 Å². The van der Waals surface area contributed by atoms with E-state index in [-0.39, 0.29) is 0 Å². The Bertz CT molecular complexity index is 276. The molecule has 72 valence electrons. The molecule has 1 nitrogen and oxygen atoms in total. The van der Waals surface area contributed by atoms with Gasteiger partial charge in [-0.1, -0.05) is 33.6 Å². The molecule has 0 aliphatic rings. The number of alkyl halides is 1. The molecule has 0 N–H and O–H groups in total. The van der Waals surface area contributed by atoms with E-state index in [1.807, 2.05) is 25.1 Å². The number of benzene rings is 1. The second kappa shape index (κ2) is 5.51. The summed E-state index contributed by atoms with van der Waals surface area (Å²) < 4.78 is 5.47. The van der Waals surface area contributed by atoms with E-state index in [0.29, 0.717) is 11.6 Å². The Balaban J connectivity index is 2.56. The molecule has 0 saturated heterocycles. The largest absolute Gasteiger partial charge is 0.492 e. The highest BCUT2D eigenvalue weighted by Crippen LogP contribution is 2.25. The molecule has 0 bridgehead atoms. The summed E-state index contributed by atoms with van der Waals surface area (Å²) in [6, 6.07) is 5.81. The fraction of sp³-hybridized carbons (Fsp3) is 0.400. The van der Waals surface area contributed by atoms with Crippen molar-refractivity contribution in [3.63, 3.8) is 0 Å². The Morgan fingerprint density at radius 2 is 2.23 bits per heavy atom. The van der Waals surface area contributed by atoms with Crippen molar-refractivity contribution in [2.45, 2.75) is 13.3 Å². The molecular weight excluding hydrogens is 251 g/mol. The minimum Gasteiger partial charge on any atom is -0.492 e. The quantitative estimate of drug-likeness (QED) is 0.593. The van der Waals surface area contributed by atoms with Crippen LogP contribution in [0.15, 0.2) is 18.2 Å². The third kappa shape index (κ3) is 3.57. The van der Waals surface area contributed by atoms with Crippen molar-refractivity contribution < 1.29 is 4.74 Å². The predicted octanol–water partition coefficient (Wildman–Crippen LogP) is 3.81. The van der Waals surface area contributed by atoms with Crippen molar-refractivity contribution in [2.24, 2.45) is 0 Å². The smallest absolute Gasteiger partial charge is 0.137 e. The van der Waals surface area contributed by atoms with E-state index in [2.05, 4.69) is 15.9 Å². The SMILES string of the molecule is Cc1ccc(OCCCBr)c(Cl)c1. The summed E-state index contributed by atoms with van der Waals surface area (Å²) in [5.74, 6) is 0.771. The summed E-state index contributed by atoms with van der Waals surface area (Å²) in [5.41, 5.74) is 1.15. The molecule has 0 fully saturated rings. The fourth-order valence-corrected chi connectivity index (χ4v) is 1.48. The zero-order valence-corrected chi connectivity index (χ0v) is 9.86. The Hall–Kier alpha value is -0.210. The van der Waals surface area contributed by atoms with Crippen molar-refractivity contribution in [2.75, 3.05) is 11.9 Å². The summed E-state index contributed by atoms with van der Waals surface area (Å²) >= 11 is 9.31. The molecule has 0 aliphatic heterocycles. The maximum atomic E-state index is 5.97. The molecular formula is C10H12BrClO. The van der Waals surface area contributed by atoms with Gasteiger partial charge in [0.15, 0.2) is 0 Å². The van der Waals surface area contributed by atoms with Crippen LogP contribution in [-0.2, 0) is 0 Å². The van der Waals surface area contributed by atoms with Crippen LogP contribution in [-0.4, -0.2) is 11.9 Å². The Kier molecular flexibility index (Phi) is 4.60. The standard InChI is InChI=1S/C10H12BrClO/c1-8-3-4-10(9(12)7-8)13-6-2-5-11/h3-4,7H,2,5-6H2,1H3. The molecule has 0 saturated carbocycles. The van der Waals surface area contributed by atoms with Crippen LogP contribution in [0.5, 0.6) is 5.75 Å². The van der Waals surface area contributed by atoms with E-state index in [9.17, 15) is 0 Å². The van der Waals surface area contributed by atoms with Gasteiger partial charge in [0.05, 0.1) is 11.6 Å². The van der Waals surface area contributed by atoms with Crippen molar-refractivity contribution in [3.05, 3.63) is 28.8 Å². The summed E-state index contributed by atoms with van der Waals surface area (Å²) in [6.45, 7) is 2.71. The highest BCUT2D eigenvalue weighted by Gasteiger charge is 2.00. The van der Waals surface area contributed by atoms with Crippen LogP contribution in [0.25, 0.3) is 0 Å². The average Bonchev–Trinajstić information content (AvgIpc) is 2.09. The van der Waals surface area contributed by atoms with Crippen LogP contribution in [0.4, 0.5) is 0 Å². The molecule has 1 rings (SSSR count). The van der Waals surface area contributed by atoms with E-state index in [0.717, 1.165) is 23.1 Å². The summed E-state index contributed by atoms with van der Waals surface area (Å²) in [5, 5.41) is 1.64. The lowest BCUT2D eigenvalue weighted by atomic mass is 10.2. The third-order valence-electron chi connectivity index (χ3n) is 1.62. The molecule has 1 aromatic rings. The van der Waals surface area contributed by atoms with E-state index < -0.39 is 0 Å². The summed E-state index contributed by atoms with van der Waals surface area (Å²) in [4.78, 5) is 0. The van der Waals surface area contributed by atoms with E-state index in [4.69, 9.17) is 16.3 Å². The summed E-state index contributed by atoms with van der Waals surface area (Å²) in [6.07, 6.45) is 0.990. The molecule has 1 aromatic carbocycles. The lowest BCUT2D eigenvalue weighted by Crippen LogP contribution is -1.98. The Labute approximate surface area is 92.2 Å². The highest BCUT2D eigenvalue weighted by atomic mass is 79.9. The van der Waals surface area contributed by atoms with Gasteiger partial charge in [0.2, 0.25) is 0 Å². The Morgan fingerprint density at radius 1 is 1.46 bits per heavy atom. The van der Waals surface area contributed by atoms with Gasteiger partial charge in [-0.15, -0.1) is 0 Å². The van der Waals surface area contributed by atoms with Gasteiger partial charge in [-0.25, -0.2) is 0 Å². The summed E-state index contributed by atoms with van der Waals surface area (Å²) in [7, 11) is 0. The minimum absolute atomic E-state index is 0.689. The molecule has 0 amide bonds. The van der Waals surface area contributed by atoms with Gasteiger partial charge >= 0.3 is 0 Å². The van der Waals surface area contributed by atoms with Crippen LogP contribution in [0.2, 0.25) is 5.02 Å².